The van der Waals surface area contributed by atoms with Crippen molar-refractivity contribution < 1.29 is 14.7 Å². The van der Waals surface area contributed by atoms with Gasteiger partial charge in [-0.2, -0.15) is 5.10 Å². The molecule has 0 spiro atoms. The second-order valence-electron chi connectivity index (χ2n) is 6.47. The number of carboxylic acid groups (broad SMARTS) is 1. The van der Waals surface area contributed by atoms with Crippen molar-refractivity contribution in [3.63, 3.8) is 0 Å². The molecule has 1 aromatic heterocycles. The van der Waals surface area contributed by atoms with Crippen molar-refractivity contribution in [3.8, 4) is 0 Å². The number of aromatic nitrogens is 2. The van der Waals surface area contributed by atoms with Crippen LogP contribution in [0.25, 0.3) is 0 Å². The summed E-state index contributed by atoms with van der Waals surface area (Å²) in [5.41, 5.74) is 1.47. The fraction of sp³-hybridized carbons (Fsp3) is 0.688. The van der Waals surface area contributed by atoms with Crippen molar-refractivity contribution in [3.05, 3.63) is 17.5 Å². The van der Waals surface area contributed by atoms with Crippen LogP contribution < -0.4 is 0 Å². The number of nitrogens with zero attached hydrogens (tertiary/aromatic N) is 3. The lowest BCUT2D eigenvalue weighted by molar-refractivity contribution is -0.138. The van der Waals surface area contributed by atoms with E-state index >= 15 is 0 Å². The quantitative estimate of drug-likeness (QED) is 0.904. The fourth-order valence-corrected chi connectivity index (χ4v) is 3.40. The Kier molecular flexibility index (Phi) is 4.18. The summed E-state index contributed by atoms with van der Waals surface area (Å²) >= 11 is 0. The maximum Gasteiger partial charge on any atom is 0.323 e. The van der Waals surface area contributed by atoms with Crippen molar-refractivity contribution in [2.45, 2.75) is 56.9 Å². The largest absolute Gasteiger partial charge is 0.480 e. The van der Waals surface area contributed by atoms with Gasteiger partial charge in [-0.05, 0) is 31.7 Å². The predicted molar refractivity (Wildman–Crippen MR) is 80.7 cm³/mol. The van der Waals surface area contributed by atoms with Gasteiger partial charge >= 0.3 is 5.97 Å². The van der Waals surface area contributed by atoms with Gasteiger partial charge < -0.3 is 10.0 Å². The van der Waals surface area contributed by atoms with Crippen LogP contribution in [0.2, 0.25) is 0 Å². The molecule has 0 atom stereocenters. The molecule has 1 N–H and O–H groups in total. The summed E-state index contributed by atoms with van der Waals surface area (Å²) in [5.74, 6) is -0.685. The van der Waals surface area contributed by atoms with Gasteiger partial charge in [-0.1, -0.05) is 19.3 Å². The van der Waals surface area contributed by atoms with Crippen LogP contribution in [0.1, 0.15) is 67.0 Å². The summed E-state index contributed by atoms with van der Waals surface area (Å²) in [5, 5.41) is 13.5. The normalized spacial score (nSPS) is 19.1. The number of rotatable bonds is 5. The van der Waals surface area contributed by atoms with Crippen LogP contribution in [0.4, 0.5) is 0 Å². The lowest BCUT2D eigenvalue weighted by atomic mass is 9.94. The molecular formula is C16H23N3O3. The minimum absolute atomic E-state index is 0.0312. The summed E-state index contributed by atoms with van der Waals surface area (Å²) in [7, 11) is 1.85. The zero-order valence-corrected chi connectivity index (χ0v) is 13.0. The summed E-state index contributed by atoms with van der Waals surface area (Å²) in [6.07, 6.45) is 7.36. The third kappa shape index (κ3) is 3.15. The molecule has 0 saturated heterocycles. The zero-order chi connectivity index (χ0) is 15.7. The highest BCUT2D eigenvalue weighted by Crippen LogP contribution is 2.40. The number of hydrogen-bond donors (Lipinski definition) is 1. The molecular weight excluding hydrogens is 282 g/mol. The molecule has 22 heavy (non-hydrogen) atoms. The van der Waals surface area contributed by atoms with Gasteiger partial charge in [0.15, 0.2) is 5.69 Å². The van der Waals surface area contributed by atoms with E-state index in [9.17, 15) is 9.59 Å². The third-order valence-corrected chi connectivity index (χ3v) is 4.71. The van der Waals surface area contributed by atoms with Crippen molar-refractivity contribution in [1.82, 2.24) is 14.7 Å². The van der Waals surface area contributed by atoms with Gasteiger partial charge in [0, 0.05) is 24.7 Å². The Morgan fingerprint density at radius 1 is 1.27 bits per heavy atom. The lowest BCUT2D eigenvalue weighted by Gasteiger charge is -2.32. The molecule has 1 aromatic rings. The summed E-state index contributed by atoms with van der Waals surface area (Å²) in [6.45, 7) is -0.237. The van der Waals surface area contributed by atoms with Gasteiger partial charge in [-0.15, -0.1) is 0 Å². The molecule has 2 aliphatic carbocycles. The average molecular weight is 305 g/mol. The molecule has 2 aliphatic rings. The number of carboxylic acids is 1. The molecule has 6 nitrogen and oxygen atoms in total. The Bertz CT molecular complexity index is 571. The highest BCUT2D eigenvalue weighted by atomic mass is 16.4. The SMILES string of the molecule is Cn1nc(C(=O)N(CC(=O)O)C2CCCCC2)cc1C1CC1. The second-order valence-corrected chi connectivity index (χ2v) is 6.47. The number of carbonyl (C=O) groups excluding carboxylic acids is 1. The third-order valence-electron chi connectivity index (χ3n) is 4.71. The molecule has 0 aliphatic heterocycles. The van der Waals surface area contributed by atoms with E-state index in [0.29, 0.717) is 11.6 Å². The first-order valence-corrected chi connectivity index (χ1v) is 8.13. The van der Waals surface area contributed by atoms with Gasteiger partial charge in [0.1, 0.15) is 6.54 Å². The van der Waals surface area contributed by atoms with Crippen LogP contribution in [0, 0.1) is 0 Å². The van der Waals surface area contributed by atoms with Crippen LogP contribution in [-0.4, -0.2) is 44.3 Å². The van der Waals surface area contributed by atoms with Crippen molar-refractivity contribution in [1.29, 1.82) is 0 Å². The Morgan fingerprint density at radius 2 is 1.95 bits per heavy atom. The fourth-order valence-electron chi connectivity index (χ4n) is 3.40. The van der Waals surface area contributed by atoms with Crippen LogP contribution in [0.5, 0.6) is 0 Å². The average Bonchev–Trinajstić information content (AvgIpc) is 3.27. The van der Waals surface area contributed by atoms with Gasteiger partial charge in [0.25, 0.3) is 5.91 Å². The summed E-state index contributed by atoms with van der Waals surface area (Å²) in [4.78, 5) is 25.4. The number of carbonyl (C=O) groups is 2. The van der Waals surface area contributed by atoms with Gasteiger partial charge in [0.2, 0.25) is 0 Å². The molecule has 120 valence electrons. The van der Waals surface area contributed by atoms with E-state index in [1.807, 2.05) is 13.1 Å². The molecule has 0 bridgehead atoms. The maximum atomic E-state index is 12.8. The lowest BCUT2D eigenvalue weighted by Crippen LogP contribution is -2.44. The first-order chi connectivity index (χ1) is 10.6. The first kappa shape index (κ1) is 15.1. The highest BCUT2D eigenvalue weighted by molar-refractivity contribution is 5.94. The van der Waals surface area contributed by atoms with Crippen LogP contribution >= 0.6 is 0 Å². The van der Waals surface area contributed by atoms with Gasteiger partial charge in [-0.25, -0.2) is 0 Å². The molecule has 0 radical (unpaired) electrons. The van der Waals surface area contributed by atoms with E-state index < -0.39 is 5.97 Å². The second kappa shape index (κ2) is 6.10. The first-order valence-electron chi connectivity index (χ1n) is 8.13. The minimum atomic E-state index is -0.961. The van der Waals surface area contributed by atoms with Crippen molar-refractivity contribution >= 4 is 11.9 Å². The van der Waals surface area contributed by atoms with E-state index in [1.165, 1.54) is 11.3 Å². The number of amides is 1. The molecule has 2 fully saturated rings. The molecule has 6 heteroatoms. The van der Waals surface area contributed by atoms with E-state index in [2.05, 4.69) is 5.10 Å². The monoisotopic (exact) mass is 305 g/mol. The molecule has 2 saturated carbocycles. The van der Waals surface area contributed by atoms with Crippen LogP contribution in [0.15, 0.2) is 6.07 Å². The molecule has 0 aromatic carbocycles. The van der Waals surface area contributed by atoms with Crippen LogP contribution in [-0.2, 0) is 11.8 Å². The number of hydrogen-bond acceptors (Lipinski definition) is 3. The van der Waals surface area contributed by atoms with Crippen LogP contribution in [0.3, 0.4) is 0 Å². The Labute approximate surface area is 130 Å². The summed E-state index contributed by atoms with van der Waals surface area (Å²) in [6, 6.07) is 1.88. The van der Waals surface area contributed by atoms with Gasteiger partial charge in [-0.3, -0.25) is 14.3 Å². The molecule has 1 heterocycles. The van der Waals surface area contributed by atoms with E-state index in [-0.39, 0.29) is 18.5 Å². The van der Waals surface area contributed by atoms with Gasteiger partial charge in [0.05, 0.1) is 0 Å². The molecule has 1 amide bonds. The Balaban J connectivity index is 1.81. The van der Waals surface area contributed by atoms with E-state index in [1.54, 1.807) is 4.68 Å². The maximum absolute atomic E-state index is 12.8. The summed E-state index contributed by atoms with van der Waals surface area (Å²) < 4.78 is 1.77. The van der Waals surface area contributed by atoms with E-state index in [4.69, 9.17) is 5.11 Å². The highest BCUT2D eigenvalue weighted by Gasteiger charge is 2.32. The molecule has 0 unspecified atom stereocenters. The number of aliphatic carboxylic acids is 1. The standard InChI is InChI=1S/C16H23N3O3/c1-18-14(11-7-8-11)9-13(17-18)16(22)19(10-15(20)21)12-5-3-2-4-6-12/h9,11-12H,2-8,10H2,1H3,(H,20,21). The zero-order valence-electron chi connectivity index (χ0n) is 13.0. The van der Waals surface area contributed by atoms with E-state index in [0.717, 1.165) is 44.2 Å². The predicted octanol–water partition coefficient (Wildman–Crippen LogP) is 2.16. The minimum Gasteiger partial charge on any atom is -0.480 e. The van der Waals surface area contributed by atoms with Crippen molar-refractivity contribution in [2.75, 3.05) is 6.54 Å². The Morgan fingerprint density at radius 3 is 2.55 bits per heavy atom. The Hall–Kier alpha value is -1.85. The van der Waals surface area contributed by atoms with Crippen molar-refractivity contribution in [2.24, 2.45) is 7.05 Å². The number of aryl methyl sites for hydroxylation is 1. The topological polar surface area (TPSA) is 75.4 Å². The molecule has 3 rings (SSSR count). The smallest absolute Gasteiger partial charge is 0.323 e.